The molecule has 0 aliphatic carbocycles. The summed E-state index contributed by atoms with van der Waals surface area (Å²) in [5, 5.41) is 17.2. The van der Waals surface area contributed by atoms with E-state index in [2.05, 4.69) is 9.78 Å². The van der Waals surface area contributed by atoms with Crippen molar-refractivity contribution in [3.05, 3.63) is 11.3 Å². The molecule has 96 valence electrons. The van der Waals surface area contributed by atoms with Gasteiger partial charge in [-0.05, 0) is 12.3 Å². The van der Waals surface area contributed by atoms with Crippen molar-refractivity contribution in [3.63, 3.8) is 0 Å². The maximum absolute atomic E-state index is 12.5. The number of alkyl halides is 1. The van der Waals surface area contributed by atoms with Crippen LogP contribution in [-0.4, -0.2) is 23.8 Å². The van der Waals surface area contributed by atoms with E-state index in [9.17, 15) is 4.39 Å². The van der Waals surface area contributed by atoms with E-state index in [1.807, 2.05) is 13.8 Å². The van der Waals surface area contributed by atoms with Crippen LogP contribution in [0.5, 0.6) is 0 Å². The Morgan fingerprint density at radius 2 is 2.00 bits per heavy atom. The normalized spacial score (nSPS) is 14.6. The summed E-state index contributed by atoms with van der Waals surface area (Å²) in [6.07, 6.45) is 2.46. The van der Waals surface area contributed by atoms with Gasteiger partial charge in [-0.1, -0.05) is 26.7 Å². The van der Waals surface area contributed by atoms with Gasteiger partial charge in [0.15, 0.2) is 0 Å². The van der Waals surface area contributed by atoms with Gasteiger partial charge in [0.25, 0.3) is 0 Å². The van der Waals surface area contributed by atoms with Gasteiger partial charge in [-0.3, -0.25) is 9.65 Å². The predicted octanol–water partition coefficient (Wildman–Crippen LogP) is 3.41. The monoisotopic (exact) mass is 236 g/mol. The molecule has 16 heavy (non-hydrogen) atoms. The second kappa shape index (κ2) is 9.57. The molecule has 2 N–H and O–H groups in total. The number of halogens is 1. The van der Waals surface area contributed by atoms with E-state index in [0.717, 1.165) is 6.42 Å². The van der Waals surface area contributed by atoms with Crippen LogP contribution in [0.4, 0.5) is 4.39 Å². The first kappa shape index (κ1) is 15.3. The Labute approximate surface area is 95.5 Å². The summed E-state index contributed by atoms with van der Waals surface area (Å²) in [6, 6.07) is 0. The standard InChI is InChI=1S/C11H21FO4/c1-3-5-10(8-15-13)11(16-14)6-9(4-2)7-12/h9,13-14H,3-8H2,1-2H3/b11-10+. The third kappa shape index (κ3) is 5.44. The van der Waals surface area contributed by atoms with Gasteiger partial charge < -0.3 is 4.89 Å². The lowest BCUT2D eigenvalue weighted by atomic mass is 9.99. The summed E-state index contributed by atoms with van der Waals surface area (Å²) < 4.78 is 12.5. The Balaban J connectivity index is 4.63. The van der Waals surface area contributed by atoms with Crippen molar-refractivity contribution in [2.24, 2.45) is 5.92 Å². The van der Waals surface area contributed by atoms with E-state index >= 15 is 0 Å². The Morgan fingerprint density at radius 3 is 2.38 bits per heavy atom. The molecular formula is C11H21FO4. The van der Waals surface area contributed by atoms with Gasteiger partial charge in [0.1, 0.15) is 12.4 Å². The van der Waals surface area contributed by atoms with Crippen LogP contribution in [0, 0.1) is 5.92 Å². The van der Waals surface area contributed by atoms with Crippen molar-refractivity contribution in [1.29, 1.82) is 0 Å². The molecule has 0 radical (unpaired) electrons. The van der Waals surface area contributed by atoms with E-state index in [1.54, 1.807) is 0 Å². The molecule has 1 atom stereocenters. The lowest BCUT2D eigenvalue weighted by molar-refractivity contribution is -0.239. The molecule has 0 aromatic carbocycles. The molecule has 0 fully saturated rings. The Kier molecular flexibility index (Phi) is 9.18. The molecule has 0 aromatic rings. The van der Waals surface area contributed by atoms with Crippen LogP contribution in [0.25, 0.3) is 0 Å². The molecule has 4 nitrogen and oxygen atoms in total. The van der Waals surface area contributed by atoms with E-state index < -0.39 is 6.67 Å². The van der Waals surface area contributed by atoms with Crippen molar-refractivity contribution in [2.75, 3.05) is 13.3 Å². The minimum atomic E-state index is -0.456. The zero-order chi connectivity index (χ0) is 12.4. The number of hydrogen-bond donors (Lipinski definition) is 2. The second-order valence-electron chi connectivity index (χ2n) is 3.77. The van der Waals surface area contributed by atoms with Gasteiger partial charge >= 0.3 is 0 Å². The second-order valence-corrected chi connectivity index (χ2v) is 3.77. The molecular weight excluding hydrogens is 215 g/mol. The highest BCUT2D eigenvalue weighted by molar-refractivity contribution is 5.09. The van der Waals surface area contributed by atoms with E-state index in [4.69, 9.17) is 10.5 Å². The molecule has 0 spiro atoms. The maximum atomic E-state index is 12.5. The molecule has 1 unspecified atom stereocenters. The van der Waals surface area contributed by atoms with Crippen molar-refractivity contribution in [1.82, 2.24) is 0 Å². The fourth-order valence-electron chi connectivity index (χ4n) is 1.49. The molecule has 5 heteroatoms. The molecule has 0 aliphatic rings. The largest absolute Gasteiger partial charge is 0.345 e. The fourth-order valence-corrected chi connectivity index (χ4v) is 1.49. The summed E-state index contributed by atoms with van der Waals surface area (Å²) in [5.41, 5.74) is 0.666. The van der Waals surface area contributed by atoms with Crippen LogP contribution in [0.3, 0.4) is 0 Å². The highest BCUT2D eigenvalue weighted by atomic mass is 19.1. The number of rotatable bonds is 9. The average molecular weight is 236 g/mol. The maximum Gasteiger partial charge on any atom is 0.144 e. The third-order valence-electron chi connectivity index (χ3n) is 2.56. The highest BCUT2D eigenvalue weighted by Crippen LogP contribution is 2.22. The topological polar surface area (TPSA) is 58.9 Å². The average Bonchev–Trinajstić information content (AvgIpc) is 2.31. The Bertz CT molecular complexity index is 194. The van der Waals surface area contributed by atoms with Crippen molar-refractivity contribution >= 4 is 0 Å². The lowest BCUT2D eigenvalue weighted by Crippen LogP contribution is -2.09. The zero-order valence-corrected chi connectivity index (χ0v) is 9.91. The third-order valence-corrected chi connectivity index (χ3v) is 2.56. The van der Waals surface area contributed by atoms with Crippen LogP contribution < -0.4 is 0 Å². The van der Waals surface area contributed by atoms with Gasteiger partial charge in [-0.2, -0.15) is 0 Å². The first-order chi connectivity index (χ1) is 7.73. The van der Waals surface area contributed by atoms with Crippen LogP contribution >= 0.6 is 0 Å². The van der Waals surface area contributed by atoms with E-state index in [1.165, 1.54) is 0 Å². The van der Waals surface area contributed by atoms with Gasteiger partial charge in [-0.15, -0.1) is 0 Å². The molecule has 0 saturated heterocycles. The van der Waals surface area contributed by atoms with Crippen LogP contribution in [0.1, 0.15) is 39.5 Å². The van der Waals surface area contributed by atoms with Crippen LogP contribution in [0.2, 0.25) is 0 Å². The van der Waals surface area contributed by atoms with E-state index in [0.29, 0.717) is 30.6 Å². The van der Waals surface area contributed by atoms with Gasteiger partial charge in [0, 0.05) is 12.0 Å². The first-order valence-electron chi connectivity index (χ1n) is 5.57. The molecule has 0 amide bonds. The SMILES string of the molecule is CCC/C(COO)=C(/CC(CC)CF)OO. The quantitative estimate of drug-likeness (QED) is 0.366. The molecule has 0 aliphatic heterocycles. The number of allylic oxidation sites excluding steroid dienone is 1. The van der Waals surface area contributed by atoms with E-state index in [-0.39, 0.29) is 12.5 Å². The summed E-state index contributed by atoms with van der Waals surface area (Å²) in [7, 11) is 0. The van der Waals surface area contributed by atoms with Gasteiger partial charge in [0.2, 0.25) is 0 Å². The highest BCUT2D eigenvalue weighted by Gasteiger charge is 2.15. The summed E-state index contributed by atoms with van der Waals surface area (Å²) in [4.78, 5) is 8.32. The predicted molar refractivity (Wildman–Crippen MR) is 58.6 cm³/mol. The van der Waals surface area contributed by atoms with Crippen molar-refractivity contribution in [2.45, 2.75) is 39.5 Å². The van der Waals surface area contributed by atoms with Crippen molar-refractivity contribution in [3.8, 4) is 0 Å². The smallest absolute Gasteiger partial charge is 0.144 e. The molecule has 0 saturated carbocycles. The van der Waals surface area contributed by atoms with Gasteiger partial charge in [-0.25, -0.2) is 10.1 Å². The minimum absolute atomic E-state index is 0.0214. The fraction of sp³-hybridized carbons (Fsp3) is 0.818. The molecule has 0 bridgehead atoms. The zero-order valence-electron chi connectivity index (χ0n) is 9.91. The summed E-state index contributed by atoms with van der Waals surface area (Å²) in [6.45, 7) is 3.36. The van der Waals surface area contributed by atoms with Crippen LogP contribution in [0.15, 0.2) is 11.3 Å². The first-order valence-corrected chi connectivity index (χ1v) is 5.57. The summed E-state index contributed by atoms with van der Waals surface area (Å²) in [5.74, 6) is 0.132. The molecule has 0 rings (SSSR count). The lowest BCUT2D eigenvalue weighted by Gasteiger charge is -2.15. The minimum Gasteiger partial charge on any atom is -0.345 e. The molecule has 0 heterocycles. The van der Waals surface area contributed by atoms with Crippen molar-refractivity contribution < 1.29 is 24.7 Å². The van der Waals surface area contributed by atoms with Crippen LogP contribution in [-0.2, 0) is 9.78 Å². The Morgan fingerprint density at radius 1 is 1.31 bits per heavy atom. The molecule has 0 aromatic heterocycles. The van der Waals surface area contributed by atoms with Gasteiger partial charge in [0.05, 0.1) is 6.67 Å². The summed E-state index contributed by atoms with van der Waals surface area (Å²) >= 11 is 0. The number of hydrogen-bond acceptors (Lipinski definition) is 4. The Hall–Kier alpha value is -0.650.